The van der Waals surface area contributed by atoms with Crippen molar-refractivity contribution in [1.29, 1.82) is 0 Å². The number of aromatic nitrogens is 1. The third kappa shape index (κ3) is 5.45. The minimum Gasteiger partial charge on any atom is -0.370 e. The summed E-state index contributed by atoms with van der Waals surface area (Å²) in [6, 6.07) is 8.18. The number of anilines is 2. The first-order valence-electron chi connectivity index (χ1n) is 6.86. The maximum atomic E-state index is 5.89. The van der Waals surface area contributed by atoms with Gasteiger partial charge in [-0.3, -0.25) is 0 Å². The van der Waals surface area contributed by atoms with E-state index in [0.29, 0.717) is 12.5 Å². The van der Waals surface area contributed by atoms with Crippen LogP contribution in [-0.4, -0.2) is 25.0 Å². The predicted octanol–water partition coefficient (Wildman–Crippen LogP) is 3.32. The predicted molar refractivity (Wildman–Crippen MR) is 107 cm³/mol. The van der Waals surface area contributed by atoms with Crippen LogP contribution in [0.4, 0.5) is 10.8 Å². The molecule has 0 radical (unpaired) electrons. The van der Waals surface area contributed by atoms with E-state index in [4.69, 9.17) is 5.73 Å². The topological polar surface area (TPSA) is 66.5 Å². The van der Waals surface area contributed by atoms with Crippen LogP contribution in [0.1, 0.15) is 18.2 Å². The maximum Gasteiger partial charge on any atom is 0.193 e. The van der Waals surface area contributed by atoms with E-state index < -0.39 is 0 Å². The van der Waals surface area contributed by atoms with Crippen LogP contribution in [0.15, 0.2) is 34.6 Å². The lowest BCUT2D eigenvalue weighted by molar-refractivity contribution is 0.986. The molecule has 0 bridgehead atoms. The Hall–Kier alpha value is -1.35. The lowest BCUT2D eigenvalue weighted by Gasteiger charge is -2.06. The van der Waals surface area contributed by atoms with E-state index in [1.165, 1.54) is 5.56 Å². The van der Waals surface area contributed by atoms with Crippen LogP contribution in [0.25, 0.3) is 0 Å². The first kappa shape index (κ1) is 18.7. The molecular weight excluding hydrogens is 409 g/mol. The van der Waals surface area contributed by atoms with Crippen molar-refractivity contribution in [1.82, 2.24) is 4.98 Å². The molecular formula is C15H22IN5S. The Kier molecular flexibility index (Phi) is 7.60. The van der Waals surface area contributed by atoms with E-state index >= 15 is 0 Å². The van der Waals surface area contributed by atoms with Gasteiger partial charge in [0.2, 0.25) is 0 Å². The lowest BCUT2D eigenvalue weighted by atomic mass is 10.1. The Balaban J connectivity index is 0.00000242. The molecule has 5 nitrogen and oxygen atoms in total. The molecule has 1 aromatic heterocycles. The molecule has 0 aliphatic rings. The average molecular weight is 431 g/mol. The summed E-state index contributed by atoms with van der Waals surface area (Å²) >= 11 is 1.60. The second-order valence-corrected chi connectivity index (χ2v) is 5.73. The van der Waals surface area contributed by atoms with Crippen molar-refractivity contribution < 1.29 is 0 Å². The number of nitrogens with two attached hydrogens (primary N) is 1. The summed E-state index contributed by atoms with van der Waals surface area (Å²) in [4.78, 5) is 10.8. The van der Waals surface area contributed by atoms with Gasteiger partial charge in [-0.2, -0.15) is 0 Å². The third-order valence-corrected chi connectivity index (χ3v) is 4.03. The maximum absolute atomic E-state index is 5.89. The molecule has 0 spiro atoms. The summed E-state index contributed by atoms with van der Waals surface area (Å²) in [6.07, 6.45) is 1.03. The Morgan fingerprint density at radius 2 is 2.00 bits per heavy atom. The number of halogens is 1. The van der Waals surface area contributed by atoms with Gasteiger partial charge in [0, 0.05) is 25.2 Å². The summed E-state index contributed by atoms with van der Waals surface area (Å²) in [5, 5.41) is 6.06. The second-order valence-electron chi connectivity index (χ2n) is 4.89. The third-order valence-electron chi connectivity index (χ3n) is 2.97. The Bertz CT molecular complexity index is 607. The molecule has 0 fully saturated rings. The van der Waals surface area contributed by atoms with Crippen molar-refractivity contribution in [3.05, 3.63) is 40.9 Å². The van der Waals surface area contributed by atoms with Gasteiger partial charge in [0.1, 0.15) is 0 Å². The van der Waals surface area contributed by atoms with Crippen molar-refractivity contribution in [3.8, 4) is 0 Å². The number of nitrogens with one attached hydrogen (secondary N) is 1. The smallest absolute Gasteiger partial charge is 0.193 e. The van der Waals surface area contributed by atoms with Crippen molar-refractivity contribution in [2.24, 2.45) is 10.7 Å². The van der Waals surface area contributed by atoms with Gasteiger partial charge in [0.25, 0.3) is 0 Å². The molecule has 22 heavy (non-hydrogen) atoms. The summed E-state index contributed by atoms with van der Waals surface area (Å²) in [5.74, 6) is 0.402. The van der Waals surface area contributed by atoms with Crippen molar-refractivity contribution in [2.45, 2.75) is 19.9 Å². The van der Waals surface area contributed by atoms with Gasteiger partial charge in [-0.05, 0) is 24.1 Å². The minimum atomic E-state index is 0. The van der Waals surface area contributed by atoms with Crippen LogP contribution in [-0.2, 0) is 13.0 Å². The molecule has 1 aromatic carbocycles. The highest BCUT2D eigenvalue weighted by molar-refractivity contribution is 14.0. The molecule has 7 heteroatoms. The highest BCUT2D eigenvalue weighted by Gasteiger charge is 2.03. The van der Waals surface area contributed by atoms with Crippen LogP contribution in [0.5, 0.6) is 0 Å². The number of benzene rings is 1. The van der Waals surface area contributed by atoms with Crippen molar-refractivity contribution >= 4 is 52.1 Å². The number of guanidine groups is 1. The molecule has 0 unspecified atom stereocenters. The van der Waals surface area contributed by atoms with Crippen LogP contribution < -0.4 is 16.0 Å². The molecule has 120 valence electrons. The molecule has 3 N–H and O–H groups in total. The van der Waals surface area contributed by atoms with Crippen molar-refractivity contribution in [2.75, 3.05) is 24.3 Å². The van der Waals surface area contributed by atoms with Crippen LogP contribution in [0.2, 0.25) is 0 Å². The molecule has 0 amide bonds. The van der Waals surface area contributed by atoms with Gasteiger partial charge in [0.15, 0.2) is 11.1 Å². The molecule has 0 saturated carbocycles. The molecule has 0 saturated heterocycles. The van der Waals surface area contributed by atoms with E-state index in [9.17, 15) is 0 Å². The molecule has 0 aliphatic carbocycles. The van der Waals surface area contributed by atoms with E-state index in [1.807, 2.05) is 36.5 Å². The molecule has 0 aliphatic heterocycles. The van der Waals surface area contributed by atoms with Crippen molar-refractivity contribution in [3.63, 3.8) is 0 Å². The molecule has 1 heterocycles. The standard InChI is InChI=1S/C15H21N5S.HI/c1-4-11-5-7-12(8-6-11)18-14(16)17-9-13-10-21-15(19-13)20(2)3;/h5-8,10H,4,9H2,1-3H3,(H3,16,17,18);1H. The zero-order valence-corrected chi connectivity index (χ0v) is 16.2. The fraction of sp³-hybridized carbons (Fsp3) is 0.333. The Morgan fingerprint density at radius 1 is 1.32 bits per heavy atom. The Morgan fingerprint density at radius 3 is 2.55 bits per heavy atom. The van der Waals surface area contributed by atoms with E-state index in [2.05, 4.69) is 34.3 Å². The van der Waals surface area contributed by atoms with Gasteiger partial charge in [-0.15, -0.1) is 35.3 Å². The zero-order valence-electron chi connectivity index (χ0n) is 13.0. The number of aliphatic imine (C=N–C) groups is 1. The van der Waals surface area contributed by atoms with E-state index in [0.717, 1.165) is 22.9 Å². The van der Waals surface area contributed by atoms with Gasteiger partial charge in [-0.25, -0.2) is 9.98 Å². The summed E-state index contributed by atoms with van der Waals surface area (Å²) in [6.45, 7) is 2.62. The summed E-state index contributed by atoms with van der Waals surface area (Å²) in [7, 11) is 3.95. The number of rotatable bonds is 5. The lowest BCUT2D eigenvalue weighted by Crippen LogP contribution is -2.22. The second kappa shape index (κ2) is 8.94. The highest BCUT2D eigenvalue weighted by atomic mass is 127. The summed E-state index contributed by atoms with van der Waals surface area (Å²) < 4.78 is 0. The van der Waals surface area contributed by atoms with Crippen LogP contribution in [0.3, 0.4) is 0 Å². The van der Waals surface area contributed by atoms with Gasteiger partial charge < -0.3 is 16.0 Å². The zero-order chi connectivity index (χ0) is 15.2. The molecule has 0 atom stereocenters. The SMILES string of the molecule is CCc1ccc(NC(N)=NCc2csc(N(C)C)n2)cc1.I. The number of hydrogen-bond acceptors (Lipinski definition) is 4. The van der Waals surface area contributed by atoms with Crippen LogP contribution in [0, 0.1) is 0 Å². The minimum absolute atomic E-state index is 0. The first-order valence-corrected chi connectivity index (χ1v) is 7.74. The van der Waals surface area contributed by atoms with E-state index in [-0.39, 0.29) is 24.0 Å². The fourth-order valence-electron chi connectivity index (χ4n) is 1.75. The first-order chi connectivity index (χ1) is 10.1. The molecule has 2 aromatic rings. The fourth-order valence-corrected chi connectivity index (χ4v) is 2.50. The van der Waals surface area contributed by atoms with E-state index in [1.54, 1.807) is 11.3 Å². The number of nitrogens with zero attached hydrogens (tertiary/aromatic N) is 3. The largest absolute Gasteiger partial charge is 0.370 e. The number of hydrogen-bond donors (Lipinski definition) is 2. The number of thiazole rings is 1. The van der Waals surface area contributed by atoms with Gasteiger partial charge >= 0.3 is 0 Å². The summed E-state index contributed by atoms with van der Waals surface area (Å²) in [5.41, 5.74) is 9.07. The molecule has 2 rings (SSSR count). The number of aryl methyl sites for hydroxylation is 1. The normalized spacial score (nSPS) is 11.0. The quantitative estimate of drug-likeness (QED) is 0.433. The monoisotopic (exact) mass is 431 g/mol. The Labute approximate surface area is 152 Å². The van der Waals surface area contributed by atoms with Gasteiger partial charge in [-0.1, -0.05) is 19.1 Å². The van der Waals surface area contributed by atoms with Gasteiger partial charge in [0.05, 0.1) is 12.2 Å². The average Bonchev–Trinajstić information content (AvgIpc) is 2.95. The van der Waals surface area contributed by atoms with Crippen LogP contribution >= 0.6 is 35.3 Å². The highest BCUT2D eigenvalue weighted by Crippen LogP contribution is 2.18.